The van der Waals surface area contributed by atoms with E-state index < -0.39 is 0 Å². The number of aliphatic hydroxyl groups excluding tert-OH is 1. The van der Waals surface area contributed by atoms with Gasteiger partial charge in [0.25, 0.3) is 0 Å². The van der Waals surface area contributed by atoms with Crippen LogP contribution in [0.25, 0.3) is 0 Å². The summed E-state index contributed by atoms with van der Waals surface area (Å²) in [5.41, 5.74) is 1.18. The van der Waals surface area contributed by atoms with E-state index in [1.165, 1.54) is 44.9 Å². The SMILES string of the molecule is CC12CCC[C@H](O)C1CCCC21CC1. The van der Waals surface area contributed by atoms with Gasteiger partial charge < -0.3 is 5.11 Å². The Hall–Kier alpha value is -0.0400. The standard InChI is InChI=1S/C13H22O/c1-12-6-3-5-11(14)10(12)4-2-7-13(12)8-9-13/h10-11,14H,2-9H2,1H3/t10?,11-,12?/m0/s1. The lowest BCUT2D eigenvalue weighted by atomic mass is 9.53. The maximum atomic E-state index is 10.1. The van der Waals surface area contributed by atoms with Crippen molar-refractivity contribution in [1.82, 2.24) is 0 Å². The van der Waals surface area contributed by atoms with Crippen LogP contribution in [0.2, 0.25) is 0 Å². The summed E-state index contributed by atoms with van der Waals surface area (Å²) < 4.78 is 0. The molecular weight excluding hydrogens is 172 g/mol. The van der Waals surface area contributed by atoms with Crippen LogP contribution >= 0.6 is 0 Å². The van der Waals surface area contributed by atoms with Crippen LogP contribution in [0.4, 0.5) is 0 Å². The molecule has 80 valence electrons. The first-order valence-corrected chi connectivity index (χ1v) is 6.36. The second kappa shape index (κ2) is 2.75. The molecule has 3 atom stereocenters. The molecule has 3 fully saturated rings. The van der Waals surface area contributed by atoms with Crippen LogP contribution in [0.15, 0.2) is 0 Å². The Bertz CT molecular complexity index is 244. The summed E-state index contributed by atoms with van der Waals surface area (Å²) in [4.78, 5) is 0. The molecule has 0 aliphatic heterocycles. The van der Waals surface area contributed by atoms with Gasteiger partial charge in [0.2, 0.25) is 0 Å². The smallest absolute Gasteiger partial charge is 0.0573 e. The largest absolute Gasteiger partial charge is 0.393 e. The minimum Gasteiger partial charge on any atom is -0.393 e. The Kier molecular flexibility index (Phi) is 1.81. The Morgan fingerprint density at radius 1 is 1.00 bits per heavy atom. The zero-order chi connectivity index (χ0) is 9.81. The van der Waals surface area contributed by atoms with E-state index in [4.69, 9.17) is 0 Å². The third-order valence-electron chi connectivity index (χ3n) is 5.71. The molecule has 0 aromatic heterocycles. The van der Waals surface area contributed by atoms with Gasteiger partial charge in [0.15, 0.2) is 0 Å². The highest BCUT2D eigenvalue weighted by Crippen LogP contribution is 2.70. The third kappa shape index (κ3) is 0.997. The minimum absolute atomic E-state index is 0.0199. The van der Waals surface area contributed by atoms with E-state index in [0.29, 0.717) is 16.7 Å². The maximum Gasteiger partial charge on any atom is 0.0573 e. The van der Waals surface area contributed by atoms with Crippen LogP contribution in [0.3, 0.4) is 0 Å². The summed E-state index contributed by atoms with van der Waals surface area (Å²) in [7, 11) is 0. The summed E-state index contributed by atoms with van der Waals surface area (Å²) in [5.74, 6) is 0.632. The van der Waals surface area contributed by atoms with Gasteiger partial charge in [-0.1, -0.05) is 19.8 Å². The van der Waals surface area contributed by atoms with E-state index in [1.54, 1.807) is 0 Å². The molecule has 0 aromatic rings. The quantitative estimate of drug-likeness (QED) is 0.628. The monoisotopic (exact) mass is 194 g/mol. The zero-order valence-corrected chi connectivity index (χ0v) is 9.26. The molecule has 3 rings (SSSR count). The number of hydrogen-bond acceptors (Lipinski definition) is 1. The third-order valence-corrected chi connectivity index (χ3v) is 5.71. The van der Waals surface area contributed by atoms with Crippen molar-refractivity contribution in [2.75, 3.05) is 0 Å². The predicted octanol–water partition coefficient (Wildman–Crippen LogP) is 3.12. The van der Waals surface area contributed by atoms with E-state index in [2.05, 4.69) is 6.92 Å². The molecule has 0 bridgehead atoms. The van der Waals surface area contributed by atoms with Crippen molar-refractivity contribution in [3.8, 4) is 0 Å². The highest BCUT2D eigenvalue weighted by molar-refractivity contribution is 5.12. The average Bonchev–Trinajstić information content (AvgIpc) is 2.90. The van der Waals surface area contributed by atoms with Crippen LogP contribution in [0.1, 0.15) is 58.3 Å². The molecule has 0 saturated heterocycles. The first kappa shape index (κ1) is 9.21. The lowest BCUT2D eigenvalue weighted by molar-refractivity contribution is -0.0883. The zero-order valence-electron chi connectivity index (χ0n) is 9.26. The molecule has 0 aromatic carbocycles. The summed E-state index contributed by atoms with van der Waals surface area (Å²) in [5, 5.41) is 10.1. The molecule has 0 amide bonds. The molecule has 3 saturated carbocycles. The van der Waals surface area contributed by atoms with Gasteiger partial charge in [-0.3, -0.25) is 0 Å². The fraction of sp³-hybridized carbons (Fsp3) is 1.00. The molecule has 1 N–H and O–H groups in total. The van der Waals surface area contributed by atoms with Gasteiger partial charge >= 0.3 is 0 Å². The minimum atomic E-state index is 0.0199. The highest BCUT2D eigenvalue weighted by atomic mass is 16.3. The second-order valence-electron chi connectivity index (χ2n) is 6.16. The summed E-state index contributed by atoms with van der Waals surface area (Å²) in [6, 6.07) is 0. The van der Waals surface area contributed by atoms with Crippen LogP contribution < -0.4 is 0 Å². The number of rotatable bonds is 0. The number of aliphatic hydroxyl groups is 1. The van der Waals surface area contributed by atoms with Crippen molar-refractivity contribution in [1.29, 1.82) is 0 Å². The molecule has 14 heavy (non-hydrogen) atoms. The van der Waals surface area contributed by atoms with E-state index in [-0.39, 0.29) is 6.10 Å². The molecule has 1 nitrogen and oxygen atoms in total. The van der Waals surface area contributed by atoms with Gasteiger partial charge in [0.05, 0.1) is 6.10 Å². The Morgan fingerprint density at radius 3 is 2.43 bits per heavy atom. The average molecular weight is 194 g/mol. The Balaban J connectivity index is 1.93. The summed E-state index contributed by atoms with van der Waals surface area (Å²) >= 11 is 0. The van der Waals surface area contributed by atoms with Gasteiger partial charge in [-0.2, -0.15) is 0 Å². The van der Waals surface area contributed by atoms with Crippen molar-refractivity contribution in [3.05, 3.63) is 0 Å². The summed E-state index contributed by atoms with van der Waals surface area (Å²) in [6.45, 7) is 2.48. The molecule has 3 aliphatic rings. The highest BCUT2D eigenvalue weighted by Gasteiger charge is 2.62. The molecule has 2 unspecified atom stereocenters. The van der Waals surface area contributed by atoms with Crippen molar-refractivity contribution < 1.29 is 5.11 Å². The van der Waals surface area contributed by atoms with Crippen LogP contribution in [-0.4, -0.2) is 11.2 Å². The number of hydrogen-bond donors (Lipinski definition) is 1. The molecular formula is C13H22O. The van der Waals surface area contributed by atoms with Crippen molar-refractivity contribution >= 4 is 0 Å². The molecule has 0 heterocycles. The fourth-order valence-corrected chi connectivity index (χ4v) is 4.58. The van der Waals surface area contributed by atoms with Gasteiger partial charge in [-0.15, -0.1) is 0 Å². The first-order chi connectivity index (χ1) is 6.68. The maximum absolute atomic E-state index is 10.1. The van der Waals surface area contributed by atoms with Crippen LogP contribution in [0, 0.1) is 16.7 Å². The molecule has 0 radical (unpaired) electrons. The lowest BCUT2D eigenvalue weighted by Gasteiger charge is -2.53. The van der Waals surface area contributed by atoms with Crippen molar-refractivity contribution in [3.63, 3.8) is 0 Å². The van der Waals surface area contributed by atoms with Gasteiger partial charge in [-0.05, 0) is 55.3 Å². The predicted molar refractivity (Wildman–Crippen MR) is 57.0 cm³/mol. The van der Waals surface area contributed by atoms with Gasteiger partial charge in [-0.25, -0.2) is 0 Å². The first-order valence-electron chi connectivity index (χ1n) is 6.36. The Labute approximate surface area is 86.9 Å². The molecule has 1 spiro atoms. The van der Waals surface area contributed by atoms with Crippen molar-refractivity contribution in [2.24, 2.45) is 16.7 Å². The van der Waals surface area contributed by atoms with Crippen LogP contribution in [-0.2, 0) is 0 Å². The lowest BCUT2D eigenvalue weighted by Crippen LogP contribution is -2.48. The van der Waals surface area contributed by atoms with E-state index >= 15 is 0 Å². The summed E-state index contributed by atoms with van der Waals surface area (Å²) in [6.07, 6.45) is 10.7. The van der Waals surface area contributed by atoms with Gasteiger partial charge in [0, 0.05) is 0 Å². The molecule has 3 aliphatic carbocycles. The van der Waals surface area contributed by atoms with E-state index in [1.807, 2.05) is 0 Å². The van der Waals surface area contributed by atoms with E-state index in [9.17, 15) is 5.11 Å². The fourth-order valence-electron chi connectivity index (χ4n) is 4.58. The topological polar surface area (TPSA) is 20.2 Å². The normalized spacial score (nSPS) is 50.1. The van der Waals surface area contributed by atoms with Gasteiger partial charge in [0.1, 0.15) is 0 Å². The molecule has 1 heteroatoms. The Morgan fingerprint density at radius 2 is 1.71 bits per heavy atom. The second-order valence-corrected chi connectivity index (χ2v) is 6.16. The number of fused-ring (bicyclic) bond motifs is 2. The van der Waals surface area contributed by atoms with E-state index in [0.717, 1.165) is 6.42 Å². The van der Waals surface area contributed by atoms with Crippen molar-refractivity contribution in [2.45, 2.75) is 64.4 Å². The van der Waals surface area contributed by atoms with Crippen LogP contribution in [0.5, 0.6) is 0 Å².